The highest BCUT2D eigenvalue weighted by Gasteiger charge is 2.03. The average molecular weight is 326 g/mol. The first-order chi connectivity index (χ1) is 11.7. The standard InChI is InChI=1S/C18H22N4O2/c1-24-16-10-6-5-9-15(16)22-18(19)20-12-11-17(23)21-13-14-7-3-2-4-8-14/h2-10H,11-13H2,1H3,(H,21,23)(H3,19,20,22). The number of rotatable bonds is 7. The van der Waals surface area contributed by atoms with Gasteiger partial charge in [-0.3, -0.25) is 9.79 Å². The summed E-state index contributed by atoms with van der Waals surface area (Å²) >= 11 is 0. The number of methoxy groups -OCH3 is 1. The van der Waals surface area contributed by atoms with Crippen molar-refractivity contribution in [2.75, 3.05) is 19.0 Å². The number of nitrogens with zero attached hydrogens (tertiary/aromatic N) is 1. The van der Waals surface area contributed by atoms with Crippen LogP contribution < -0.4 is 21.1 Å². The minimum absolute atomic E-state index is 0.0623. The molecule has 0 heterocycles. The maximum atomic E-state index is 11.8. The predicted octanol–water partition coefficient (Wildman–Crippen LogP) is 2.13. The second-order valence-electron chi connectivity index (χ2n) is 5.10. The minimum Gasteiger partial charge on any atom is -0.495 e. The number of carbonyl (C=O) groups is 1. The lowest BCUT2D eigenvalue weighted by Crippen LogP contribution is -2.25. The zero-order valence-electron chi connectivity index (χ0n) is 13.7. The molecule has 2 aromatic carbocycles. The Morgan fingerprint density at radius 2 is 1.83 bits per heavy atom. The van der Waals surface area contributed by atoms with Crippen LogP contribution in [0.15, 0.2) is 59.6 Å². The Morgan fingerprint density at radius 1 is 1.12 bits per heavy atom. The average Bonchev–Trinajstić information content (AvgIpc) is 2.61. The van der Waals surface area contributed by atoms with Crippen LogP contribution >= 0.6 is 0 Å². The predicted molar refractivity (Wildman–Crippen MR) is 96.0 cm³/mol. The molecule has 0 fully saturated rings. The monoisotopic (exact) mass is 326 g/mol. The van der Waals surface area contributed by atoms with Crippen LogP contribution in [0.25, 0.3) is 0 Å². The Bertz CT molecular complexity index is 686. The van der Waals surface area contributed by atoms with Crippen molar-refractivity contribution in [2.45, 2.75) is 13.0 Å². The van der Waals surface area contributed by atoms with Crippen LogP contribution in [0.5, 0.6) is 5.75 Å². The summed E-state index contributed by atoms with van der Waals surface area (Å²) < 4.78 is 5.23. The van der Waals surface area contributed by atoms with Gasteiger partial charge in [-0.1, -0.05) is 42.5 Å². The third-order valence-electron chi connectivity index (χ3n) is 3.32. The van der Waals surface area contributed by atoms with Crippen LogP contribution in [0, 0.1) is 0 Å². The zero-order chi connectivity index (χ0) is 17.2. The third kappa shape index (κ3) is 5.64. The Kier molecular flexibility index (Phi) is 6.64. The summed E-state index contributed by atoms with van der Waals surface area (Å²) in [4.78, 5) is 16.0. The van der Waals surface area contributed by atoms with E-state index in [1.165, 1.54) is 0 Å². The summed E-state index contributed by atoms with van der Waals surface area (Å²) in [5.41, 5.74) is 7.63. The van der Waals surface area contributed by atoms with Crippen molar-refractivity contribution in [1.82, 2.24) is 5.32 Å². The molecule has 0 bridgehead atoms. The highest BCUT2D eigenvalue weighted by atomic mass is 16.5. The van der Waals surface area contributed by atoms with Gasteiger partial charge in [0.15, 0.2) is 5.96 Å². The van der Waals surface area contributed by atoms with Gasteiger partial charge in [-0.15, -0.1) is 0 Å². The first-order valence-corrected chi connectivity index (χ1v) is 7.69. The number of benzene rings is 2. The third-order valence-corrected chi connectivity index (χ3v) is 3.32. The molecule has 126 valence electrons. The van der Waals surface area contributed by atoms with E-state index in [-0.39, 0.29) is 18.3 Å². The quantitative estimate of drug-likeness (QED) is 0.537. The molecule has 0 aliphatic carbocycles. The maximum Gasteiger partial charge on any atom is 0.222 e. The van der Waals surface area contributed by atoms with Crippen molar-refractivity contribution in [2.24, 2.45) is 10.7 Å². The summed E-state index contributed by atoms with van der Waals surface area (Å²) in [6.45, 7) is 0.826. The van der Waals surface area contributed by atoms with Gasteiger partial charge in [-0.2, -0.15) is 0 Å². The van der Waals surface area contributed by atoms with Gasteiger partial charge in [-0.05, 0) is 17.7 Å². The number of anilines is 1. The molecule has 0 aliphatic heterocycles. The van der Waals surface area contributed by atoms with Gasteiger partial charge in [0.2, 0.25) is 5.91 Å². The number of ether oxygens (including phenoxy) is 1. The molecular formula is C18H22N4O2. The molecule has 2 rings (SSSR count). The van der Waals surface area contributed by atoms with E-state index in [9.17, 15) is 4.79 Å². The Labute approximate surface area is 141 Å². The van der Waals surface area contributed by atoms with E-state index in [4.69, 9.17) is 10.5 Å². The molecule has 0 atom stereocenters. The van der Waals surface area contributed by atoms with Crippen LogP contribution in [0.3, 0.4) is 0 Å². The van der Waals surface area contributed by atoms with E-state index in [2.05, 4.69) is 15.6 Å². The number of hydrogen-bond donors (Lipinski definition) is 3. The molecule has 6 heteroatoms. The smallest absolute Gasteiger partial charge is 0.222 e. The van der Waals surface area contributed by atoms with Gasteiger partial charge < -0.3 is 21.1 Å². The number of hydrogen-bond acceptors (Lipinski definition) is 3. The number of guanidine groups is 1. The van der Waals surface area contributed by atoms with Crippen LogP contribution in [0.2, 0.25) is 0 Å². The number of nitrogens with two attached hydrogens (primary N) is 1. The number of carbonyl (C=O) groups excluding carboxylic acids is 1. The second kappa shape index (κ2) is 9.19. The zero-order valence-corrected chi connectivity index (χ0v) is 13.7. The summed E-state index contributed by atoms with van der Waals surface area (Å²) in [5, 5.41) is 5.82. The Morgan fingerprint density at radius 3 is 2.58 bits per heavy atom. The van der Waals surface area contributed by atoms with E-state index >= 15 is 0 Å². The van der Waals surface area contributed by atoms with E-state index in [0.717, 1.165) is 11.3 Å². The molecule has 0 radical (unpaired) electrons. The van der Waals surface area contributed by atoms with Crippen molar-refractivity contribution in [3.05, 3.63) is 60.2 Å². The highest BCUT2D eigenvalue weighted by molar-refractivity contribution is 5.93. The molecular weight excluding hydrogens is 304 g/mol. The van der Waals surface area contributed by atoms with E-state index < -0.39 is 0 Å². The SMILES string of the molecule is COc1ccccc1NC(N)=NCCC(=O)NCc1ccccc1. The lowest BCUT2D eigenvalue weighted by Gasteiger charge is -2.10. The van der Waals surface area contributed by atoms with Gasteiger partial charge in [-0.25, -0.2) is 0 Å². The van der Waals surface area contributed by atoms with Gasteiger partial charge in [0.25, 0.3) is 0 Å². The molecule has 0 saturated heterocycles. The second-order valence-corrected chi connectivity index (χ2v) is 5.10. The van der Waals surface area contributed by atoms with Crippen LogP contribution in [-0.2, 0) is 11.3 Å². The summed E-state index contributed by atoms with van der Waals surface area (Å²) in [5.74, 6) is 0.860. The fourth-order valence-corrected chi connectivity index (χ4v) is 2.09. The molecule has 0 saturated carbocycles. The first-order valence-electron chi connectivity index (χ1n) is 7.69. The summed E-state index contributed by atoms with van der Waals surface area (Å²) in [7, 11) is 1.59. The van der Waals surface area contributed by atoms with E-state index in [1.54, 1.807) is 7.11 Å². The van der Waals surface area contributed by atoms with Crippen LogP contribution in [0.4, 0.5) is 5.69 Å². The molecule has 0 aromatic heterocycles. The van der Waals surface area contributed by atoms with Gasteiger partial charge >= 0.3 is 0 Å². The topological polar surface area (TPSA) is 88.7 Å². The Balaban J connectivity index is 1.75. The molecule has 0 aliphatic rings. The minimum atomic E-state index is -0.0623. The summed E-state index contributed by atoms with van der Waals surface area (Å²) in [6, 6.07) is 17.2. The normalized spacial score (nSPS) is 11.0. The van der Waals surface area contributed by atoms with Crippen molar-refractivity contribution in [3.63, 3.8) is 0 Å². The fourth-order valence-electron chi connectivity index (χ4n) is 2.09. The van der Waals surface area contributed by atoms with Crippen LogP contribution in [0.1, 0.15) is 12.0 Å². The maximum absolute atomic E-state index is 11.8. The lowest BCUT2D eigenvalue weighted by atomic mass is 10.2. The van der Waals surface area contributed by atoms with Crippen LogP contribution in [-0.4, -0.2) is 25.5 Å². The molecule has 1 amide bonds. The number of aliphatic imine (C=N–C) groups is 1. The molecule has 24 heavy (non-hydrogen) atoms. The molecule has 0 spiro atoms. The lowest BCUT2D eigenvalue weighted by molar-refractivity contribution is -0.121. The van der Waals surface area contributed by atoms with Crippen molar-refractivity contribution in [3.8, 4) is 5.75 Å². The largest absolute Gasteiger partial charge is 0.495 e. The van der Waals surface area contributed by atoms with Gasteiger partial charge in [0.1, 0.15) is 5.75 Å². The van der Waals surface area contributed by atoms with E-state index in [1.807, 2.05) is 54.6 Å². The molecule has 6 nitrogen and oxygen atoms in total. The van der Waals surface area contributed by atoms with Gasteiger partial charge in [0, 0.05) is 13.0 Å². The fraction of sp³-hybridized carbons (Fsp3) is 0.222. The van der Waals surface area contributed by atoms with Crippen molar-refractivity contribution >= 4 is 17.6 Å². The summed E-state index contributed by atoms with van der Waals surface area (Å²) in [6.07, 6.45) is 0.279. The molecule has 2 aromatic rings. The van der Waals surface area contributed by atoms with Crippen molar-refractivity contribution in [1.29, 1.82) is 0 Å². The number of para-hydroxylation sites is 2. The Hall–Kier alpha value is -3.02. The number of nitrogens with one attached hydrogen (secondary N) is 2. The number of amides is 1. The first kappa shape index (κ1) is 17.3. The van der Waals surface area contributed by atoms with Gasteiger partial charge in [0.05, 0.1) is 19.3 Å². The highest BCUT2D eigenvalue weighted by Crippen LogP contribution is 2.22. The molecule has 0 unspecified atom stereocenters. The van der Waals surface area contributed by atoms with Crippen molar-refractivity contribution < 1.29 is 9.53 Å². The van der Waals surface area contributed by atoms with E-state index in [0.29, 0.717) is 18.8 Å². The molecule has 4 N–H and O–H groups in total.